The maximum absolute atomic E-state index is 12.1. The maximum Gasteiger partial charge on any atom is 0.283 e. The van der Waals surface area contributed by atoms with Crippen LogP contribution in [0.15, 0.2) is 47.4 Å². The van der Waals surface area contributed by atoms with Gasteiger partial charge in [0.05, 0.1) is 15.6 Å². The average molecular weight is 388 g/mol. The van der Waals surface area contributed by atoms with E-state index in [1.165, 1.54) is 25.2 Å². The highest BCUT2D eigenvalue weighted by Gasteiger charge is 2.18. The molecule has 9 nitrogen and oxygen atoms in total. The Balaban J connectivity index is 2.07. The molecule has 0 bridgehead atoms. The Hall–Kier alpha value is -3.40. The van der Waals surface area contributed by atoms with Crippen LogP contribution in [-0.2, 0) is 4.79 Å². The molecule has 0 aromatic heterocycles. The summed E-state index contributed by atoms with van der Waals surface area (Å²) in [4.78, 5) is 45.6. The molecular formula is C17H16N4O5S. The Kier molecular flexibility index (Phi) is 6.50. The number of hydrogen-bond acceptors (Lipinski definition) is 6. The summed E-state index contributed by atoms with van der Waals surface area (Å²) in [5.74, 6) is -1.56. The molecule has 0 aliphatic carbocycles. The number of benzene rings is 2. The summed E-state index contributed by atoms with van der Waals surface area (Å²) in [6.07, 6.45) is 0. The number of nitrogens with one attached hydrogen (secondary N) is 2. The van der Waals surface area contributed by atoms with Gasteiger partial charge < -0.3 is 16.4 Å². The van der Waals surface area contributed by atoms with Crippen molar-refractivity contribution < 1.29 is 19.3 Å². The van der Waals surface area contributed by atoms with Gasteiger partial charge in [0.2, 0.25) is 11.8 Å². The third-order valence-electron chi connectivity index (χ3n) is 3.43. The SMILES string of the molecule is CNC(=O)c1cccc(NC(=O)CSc2ccc(C(N)=O)cc2[N+](=O)[O-])c1. The van der Waals surface area contributed by atoms with Crippen LogP contribution in [0.4, 0.5) is 11.4 Å². The van der Waals surface area contributed by atoms with E-state index in [4.69, 9.17) is 5.73 Å². The van der Waals surface area contributed by atoms with Gasteiger partial charge in [-0.3, -0.25) is 24.5 Å². The Morgan fingerprint density at radius 2 is 1.89 bits per heavy atom. The van der Waals surface area contributed by atoms with Crippen LogP contribution in [0, 0.1) is 10.1 Å². The number of anilines is 1. The first-order valence-corrected chi connectivity index (χ1v) is 8.63. The van der Waals surface area contributed by atoms with Gasteiger partial charge in [0.15, 0.2) is 0 Å². The fourth-order valence-corrected chi connectivity index (χ4v) is 2.96. The molecule has 0 heterocycles. The van der Waals surface area contributed by atoms with Crippen LogP contribution in [0.3, 0.4) is 0 Å². The van der Waals surface area contributed by atoms with E-state index >= 15 is 0 Å². The van der Waals surface area contributed by atoms with Crippen LogP contribution in [0.1, 0.15) is 20.7 Å². The molecule has 0 spiro atoms. The zero-order valence-corrected chi connectivity index (χ0v) is 15.0. The molecule has 0 atom stereocenters. The van der Waals surface area contributed by atoms with E-state index < -0.39 is 16.7 Å². The number of amides is 3. The third-order valence-corrected chi connectivity index (χ3v) is 4.50. The van der Waals surface area contributed by atoms with Gasteiger partial charge in [0.25, 0.3) is 11.6 Å². The van der Waals surface area contributed by atoms with Crippen molar-refractivity contribution in [1.82, 2.24) is 5.32 Å². The third kappa shape index (κ3) is 5.28. The first kappa shape index (κ1) is 19.9. The summed E-state index contributed by atoms with van der Waals surface area (Å²) in [6.45, 7) is 0. The van der Waals surface area contributed by atoms with Gasteiger partial charge in [-0.2, -0.15) is 0 Å². The highest BCUT2D eigenvalue weighted by molar-refractivity contribution is 8.00. The van der Waals surface area contributed by atoms with Crippen molar-refractivity contribution in [3.05, 3.63) is 63.7 Å². The highest BCUT2D eigenvalue weighted by atomic mass is 32.2. The maximum atomic E-state index is 12.1. The Bertz CT molecular complexity index is 916. The lowest BCUT2D eigenvalue weighted by molar-refractivity contribution is -0.387. The van der Waals surface area contributed by atoms with Crippen LogP contribution >= 0.6 is 11.8 Å². The number of nitro groups is 1. The lowest BCUT2D eigenvalue weighted by atomic mass is 10.2. The normalized spacial score (nSPS) is 10.1. The lowest BCUT2D eigenvalue weighted by Crippen LogP contribution is -2.19. The smallest absolute Gasteiger partial charge is 0.283 e. The average Bonchev–Trinajstić information content (AvgIpc) is 2.65. The molecule has 2 rings (SSSR count). The minimum absolute atomic E-state index is 0.0153. The summed E-state index contributed by atoms with van der Waals surface area (Å²) in [6, 6.07) is 10.2. The van der Waals surface area contributed by atoms with Gasteiger partial charge in [0.1, 0.15) is 0 Å². The molecule has 0 saturated heterocycles. The van der Waals surface area contributed by atoms with Crippen molar-refractivity contribution in [2.75, 3.05) is 18.1 Å². The number of primary amides is 1. The molecule has 0 saturated carbocycles. The van der Waals surface area contributed by atoms with Gasteiger partial charge in [0, 0.05) is 29.9 Å². The number of thioether (sulfide) groups is 1. The first-order valence-electron chi connectivity index (χ1n) is 7.65. The minimum atomic E-state index is -0.775. The van der Waals surface area contributed by atoms with E-state index in [9.17, 15) is 24.5 Å². The van der Waals surface area contributed by atoms with Crippen molar-refractivity contribution in [1.29, 1.82) is 0 Å². The standard InChI is InChI=1S/C17H16N4O5S/c1-19-17(24)11-3-2-4-12(7-11)20-15(22)9-27-14-6-5-10(16(18)23)8-13(14)21(25)26/h2-8H,9H2,1H3,(H2,18,23)(H,19,24)(H,20,22). The Morgan fingerprint density at radius 3 is 2.52 bits per heavy atom. The number of carbonyl (C=O) groups excluding carboxylic acids is 3. The van der Waals surface area contributed by atoms with Crippen LogP contribution < -0.4 is 16.4 Å². The molecule has 0 fully saturated rings. The lowest BCUT2D eigenvalue weighted by Gasteiger charge is -2.08. The predicted molar refractivity (Wildman–Crippen MR) is 101 cm³/mol. The molecule has 0 unspecified atom stereocenters. The van der Waals surface area contributed by atoms with Crippen LogP contribution in [0.25, 0.3) is 0 Å². The molecule has 0 aliphatic heterocycles. The molecule has 10 heteroatoms. The number of rotatable bonds is 7. The number of hydrogen-bond donors (Lipinski definition) is 3. The molecular weight excluding hydrogens is 372 g/mol. The van der Waals surface area contributed by atoms with Crippen LogP contribution in [-0.4, -0.2) is 35.4 Å². The van der Waals surface area contributed by atoms with E-state index in [-0.39, 0.29) is 27.8 Å². The molecule has 140 valence electrons. The topological polar surface area (TPSA) is 144 Å². The minimum Gasteiger partial charge on any atom is -0.366 e. The molecule has 0 aliphatic rings. The molecule has 27 heavy (non-hydrogen) atoms. The molecule has 0 radical (unpaired) electrons. The van der Waals surface area contributed by atoms with Crippen LogP contribution in [0.2, 0.25) is 0 Å². The number of carbonyl (C=O) groups is 3. The second-order valence-electron chi connectivity index (χ2n) is 5.30. The second kappa shape index (κ2) is 8.81. The monoisotopic (exact) mass is 388 g/mol. The number of nitrogens with zero attached hydrogens (tertiary/aromatic N) is 1. The zero-order chi connectivity index (χ0) is 20.0. The van der Waals surface area contributed by atoms with Gasteiger partial charge in [-0.05, 0) is 30.3 Å². The Labute approximate surface area is 158 Å². The first-order chi connectivity index (χ1) is 12.8. The summed E-state index contributed by atoms with van der Waals surface area (Å²) >= 11 is 0.953. The summed E-state index contributed by atoms with van der Waals surface area (Å²) in [5, 5.41) is 16.3. The molecule has 3 amide bonds. The highest BCUT2D eigenvalue weighted by Crippen LogP contribution is 2.30. The van der Waals surface area contributed by atoms with Gasteiger partial charge in [-0.15, -0.1) is 11.8 Å². The van der Waals surface area contributed by atoms with Gasteiger partial charge in [-0.25, -0.2) is 0 Å². The molecule has 4 N–H and O–H groups in total. The van der Waals surface area contributed by atoms with Crippen LogP contribution in [0.5, 0.6) is 0 Å². The van der Waals surface area contributed by atoms with E-state index in [0.717, 1.165) is 17.8 Å². The fraction of sp³-hybridized carbons (Fsp3) is 0.118. The van der Waals surface area contributed by atoms with E-state index in [0.29, 0.717) is 11.3 Å². The zero-order valence-electron chi connectivity index (χ0n) is 14.2. The van der Waals surface area contributed by atoms with Crippen molar-refractivity contribution >= 4 is 40.9 Å². The van der Waals surface area contributed by atoms with E-state index in [1.54, 1.807) is 18.2 Å². The summed E-state index contributed by atoms with van der Waals surface area (Å²) in [5.41, 5.74) is 5.66. The predicted octanol–water partition coefficient (Wildman–Crippen LogP) is 1.78. The van der Waals surface area contributed by atoms with Gasteiger partial charge >= 0.3 is 0 Å². The Morgan fingerprint density at radius 1 is 1.15 bits per heavy atom. The number of nitro benzene ring substituents is 1. The van der Waals surface area contributed by atoms with Crippen molar-refractivity contribution in [3.8, 4) is 0 Å². The quantitative estimate of drug-likeness (QED) is 0.375. The second-order valence-corrected chi connectivity index (χ2v) is 6.32. The van der Waals surface area contributed by atoms with Crippen molar-refractivity contribution in [2.24, 2.45) is 5.73 Å². The molecule has 2 aromatic rings. The summed E-state index contributed by atoms with van der Waals surface area (Å²) in [7, 11) is 1.50. The van der Waals surface area contributed by atoms with E-state index in [2.05, 4.69) is 10.6 Å². The largest absolute Gasteiger partial charge is 0.366 e. The van der Waals surface area contributed by atoms with Crippen molar-refractivity contribution in [3.63, 3.8) is 0 Å². The number of nitrogens with two attached hydrogens (primary N) is 1. The van der Waals surface area contributed by atoms with Gasteiger partial charge in [-0.1, -0.05) is 6.07 Å². The van der Waals surface area contributed by atoms with Crippen molar-refractivity contribution in [2.45, 2.75) is 4.90 Å². The fourth-order valence-electron chi connectivity index (χ4n) is 2.16. The van der Waals surface area contributed by atoms with E-state index in [1.807, 2.05) is 0 Å². The summed E-state index contributed by atoms with van der Waals surface area (Å²) < 4.78 is 0. The molecule has 2 aromatic carbocycles.